The Labute approximate surface area is 123 Å². The summed E-state index contributed by atoms with van der Waals surface area (Å²) in [4.78, 5) is 35.8. The molecule has 2 unspecified atom stereocenters. The summed E-state index contributed by atoms with van der Waals surface area (Å²) < 4.78 is 9.92. The second kappa shape index (κ2) is 8.46. The molecule has 1 aliphatic heterocycles. The maximum Gasteiger partial charge on any atom is 0.317 e. The maximum atomic E-state index is 12.1. The third kappa shape index (κ3) is 4.89. The first-order valence-electron chi connectivity index (χ1n) is 7.01. The highest BCUT2D eigenvalue weighted by molar-refractivity contribution is 5.78. The summed E-state index contributed by atoms with van der Waals surface area (Å²) in [7, 11) is 0. The second-order valence-electron chi connectivity index (χ2n) is 4.62. The summed E-state index contributed by atoms with van der Waals surface area (Å²) in [5.74, 6) is -2.08. The van der Waals surface area contributed by atoms with Crippen molar-refractivity contribution in [2.45, 2.75) is 26.3 Å². The van der Waals surface area contributed by atoms with Crippen molar-refractivity contribution in [1.82, 2.24) is 10.2 Å². The Morgan fingerprint density at radius 2 is 2.05 bits per heavy atom. The van der Waals surface area contributed by atoms with Crippen LogP contribution in [-0.4, -0.2) is 66.9 Å². The molecule has 120 valence electrons. The zero-order valence-corrected chi connectivity index (χ0v) is 12.3. The number of carbonyl (C=O) groups excluding carboxylic acids is 2. The topological polar surface area (TPSA) is 105 Å². The molecule has 0 radical (unpaired) electrons. The zero-order valence-electron chi connectivity index (χ0n) is 12.3. The molecule has 1 rings (SSSR count). The molecule has 21 heavy (non-hydrogen) atoms. The third-order valence-corrected chi connectivity index (χ3v) is 3.28. The van der Waals surface area contributed by atoms with E-state index >= 15 is 0 Å². The van der Waals surface area contributed by atoms with Crippen LogP contribution in [0.25, 0.3) is 0 Å². The van der Waals surface area contributed by atoms with Gasteiger partial charge in [0.25, 0.3) is 0 Å². The van der Waals surface area contributed by atoms with E-state index in [-0.39, 0.29) is 32.1 Å². The first-order chi connectivity index (χ1) is 10.0. The maximum absolute atomic E-state index is 12.1. The zero-order chi connectivity index (χ0) is 15.8. The van der Waals surface area contributed by atoms with Gasteiger partial charge in [-0.25, -0.2) is 4.79 Å². The molecule has 0 aromatic rings. The third-order valence-electron chi connectivity index (χ3n) is 3.28. The molecule has 0 spiro atoms. The predicted octanol–water partition coefficient (Wildman–Crippen LogP) is 0.0707. The van der Waals surface area contributed by atoms with E-state index in [0.717, 1.165) is 0 Å². The molecule has 2 N–H and O–H groups in total. The highest BCUT2D eigenvalue weighted by atomic mass is 16.5. The van der Waals surface area contributed by atoms with Crippen LogP contribution in [0.4, 0.5) is 4.79 Å². The summed E-state index contributed by atoms with van der Waals surface area (Å²) >= 11 is 0. The van der Waals surface area contributed by atoms with Crippen molar-refractivity contribution in [2.24, 2.45) is 5.92 Å². The Hall–Kier alpha value is -1.83. The van der Waals surface area contributed by atoms with E-state index in [0.29, 0.717) is 13.2 Å². The van der Waals surface area contributed by atoms with Gasteiger partial charge in [-0.05, 0) is 13.8 Å². The number of amides is 2. The van der Waals surface area contributed by atoms with Crippen molar-refractivity contribution < 1.29 is 29.0 Å². The van der Waals surface area contributed by atoms with Crippen molar-refractivity contribution in [3.05, 3.63) is 0 Å². The molecule has 0 bridgehead atoms. The van der Waals surface area contributed by atoms with Gasteiger partial charge in [0.1, 0.15) is 5.92 Å². The number of carboxylic acid groups (broad SMARTS) is 1. The fourth-order valence-electron chi connectivity index (χ4n) is 2.22. The number of hydrogen-bond acceptors (Lipinski definition) is 5. The standard InChI is InChI=1S/C13H22N2O6/c1-3-15(10-8-20-7-9(10)12(17)18)13(19)14-6-5-11(16)21-4-2/h9-10H,3-8H2,1-2H3,(H,14,19)(H,17,18). The number of rotatable bonds is 7. The van der Waals surface area contributed by atoms with Crippen LogP contribution in [0.3, 0.4) is 0 Å². The molecule has 1 aliphatic rings. The van der Waals surface area contributed by atoms with Crippen LogP contribution in [-0.2, 0) is 19.1 Å². The van der Waals surface area contributed by atoms with Crippen molar-refractivity contribution in [3.63, 3.8) is 0 Å². The smallest absolute Gasteiger partial charge is 0.317 e. The molecule has 0 aromatic heterocycles. The molecule has 8 nitrogen and oxygen atoms in total. The summed E-state index contributed by atoms with van der Waals surface area (Å²) in [6, 6.07) is -0.890. The highest BCUT2D eigenvalue weighted by Gasteiger charge is 2.39. The summed E-state index contributed by atoms with van der Waals surface area (Å²) in [5.41, 5.74) is 0. The van der Waals surface area contributed by atoms with Gasteiger partial charge in [-0.2, -0.15) is 0 Å². The molecule has 2 amide bonds. The second-order valence-corrected chi connectivity index (χ2v) is 4.62. The van der Waals surface area contributed by atoms with Gasteiger partial charge in [0.2, 0.25) is 0 Å². The molecule has 2 atom stereocenters. The van der Waals surface area contributed by atoms with Gasteiger partial charge in [-0.3, -0.25) is 9.59 Å². The minimum absolute atomic E-state index is 0.0840. The molecular weight excluding hydrogens is 280 g/mol. The predicted molar refractivity (Wildman–Crippen MR) is 72.8 cm³/mol. The van der Waals surface area contributed by atoms with Gasteiger partial charge in [-0.1, -0.05) is 0 Å². The van der Waals surface area contributed by atoms with Crippen molar-refractivity contribution in [1.29, 1.82) is 0 Å². The number of carbonyl (C=O) groups is 3. The molecule has 1 saturated heterocycles. The van der Waals surface area contributed by atoms with Crippen LogP contribution in [0.15, 0.2) is 0 Å². The first kappa shape index (κ1) is 17.2. The molecule has 1 fully saturated rings. The molecule has 0 aliphatic carbocycles. The normalized spacial score (nSPS) is 20.9. The Balaban J connectivity index is 2.49. The van der Waals surface area contributed by atoms with Crippen LogP contribution in [0.1, 0.15) is 20.3 Å². The molecular formula is C13H22N2O6. The number of nitrogens with zero attached hydrogens (tertiary/aromatic N) is 1. The molecule has 0 saturated carbocycles. The molecule has 8 heteroatoms. The van der Waals surface area contributed by atoms with Gasteiger partial charge in [-0.15, -0.1) is 0 Å². The van der Waals surface area contributed by atoms with Gasteiger partial charge >= 0.3 is 18.0 Å². The number of esters is 1. The fourth-order valence-corrected chi connectivity index (χ4v) is 2.22. The Morgan fingerprint density at radius 3 is 2.62 bits per heavy atom. The Bertz CT molecular complexity index is 387. The Kier molecular flexibility index (Phi) is 6.93. The van der Waals surface area contributed by atoms with Crippen LogP contribution < -0.4 is 5.32 Å². The SMILES string of the molecule is CCOC(=O)CCNC(=O)N(CC)C1COCC1C(=O)O. The lowest BCUT2D eigenvalue weighted by molar-refractivity contribution is -0.143. The average molecular weight is 302 g/mol. The summed E-state index contributed by atoms with van der Waals surface area (Å²) in [6.07, 6.45) is 0.0840. The number of aliphatic carboxylic acids is 1. The number of ether oxygens (including phenoxy) is 2. The monoisotopic (exact) mass is 302 g/mol. The van der Waals surface area contributed by atoms with E-state index in [1.807, 2.05) is 0 Å². The van der Waals surface area contributed by atoms with Crippen LogP contribution in [0, 0.1) is 5.92 Å². The van der Waals surface area contributed by atoms with E-state index in [4.69, 9.17) is 14.6 Å². The van der Waals surface area contributed by atoms with E-state index in [9.17, 15) is 14.4 Å². The lowest BCUT2D eigenvalue weighted by Crippen LogP contribution is -2.50. The number of carboxylic acids is 1. The van der Waals surface area contributed by atoms with E-state index < -0.39 is 24.0 Å². The van der Waals surface area contributed by atoms with E-state index in [1.165, 1.54) is 4.90 Å². The minimum atomic E-state index is -0.977. The van der Waals surface area contributed by atoms with Gasteiger partial charge in [0.15, 0.2) is 0 Å². The fraction of sp³-hybridized carbons (Fsp3) is 0.769. The average Bonchev–Trinajstić information content (AvgIpc) is 2.89. The summed E-state index contributed by atoms with van der Waals surface area (Å²) in [6.45, 7) is 4.60. The van der Waals surface area contributed by atoms with Gasteiger partial charge in [0, 0.05) is 13.1 Å². The van der Waals surface area contributed by atoms with E-state index in [2.05, 4.69) is 5.32 Å². The van der Waals surface area contributed by atoms with Crippen molar-refractivity contribution >= 4 is 18.0 Å². The highest BCUT2D eigenvalue weighted by Crippen LogP contribution is 2.20. The lowest BCUT2D eigenvalue weighted by Gasteiger charge is -2.29. The first-order valence-corrected chi connectivity index (χ1v) is 7.01. The quantitative estimate of drug-likeness (QED) is 0.645. The van der Waals surface area contributed by atoms with Crippen LogP contribution in [0.5, 0.6) is 0 Å². The van der Waals surface area contributed by atoms with Gasteiger partial charge in [0.05, 0.1) is 32.3 Å². The minimum Gasteiger partial charge on any atom is -0.481 e. The van der Waals surface area contributed by atoms with Crippen molar-refractivity contribution in [3.8, 4) is 0 Å². The summed E-state index contributed by atoms with van der Waals surface area (Å²) in [5, 5.41) is 11.7. The number of likely N-dealkylation sites (N-methyl/N-ethyl adjacent to an activating group) is 1. The lowest BCUT2D eigenvalue weighted by atomic mass is 10.0. The van der Waals surface area contributed by atoms with E-state index in [1.54, 1.807) is 13.8 Å². The van der Waals surface area contributed by atoms with Crippen LogP contribution >= 0.6 is 0 Å². The van der Waals surface area contributed by atoms with Crippen LogP contribution in [0.2, 0.25) is 0 Å². The molecule has 0 aromatic carbocycles. The van der Waals surface area contributed by atoms with Crippen molar-refractivity contribution in [2.75, 3.05) is 32.9 Å². The Morgan fingerprint density at radius 1 is 1.33 bits per heavy atom. The molecule has 1 heterocycles. The largest absolute Gasteiger partial charge is 0.481 e. The number of hydrogen-bond donors (Lipinski definition) is 2. The number of nitrogens with one attached hydrogen (secondary N) is 1. The van der Waals surface area contributed by atoms with Gasteiger partial charge < -0.3 is 24.8 Å². The number of urea groups is 1.